The van der Waals surface area contributed by atoms with E-state index in [1.54, 1.807) is 5.38 Å². The van der Waals surface area contributed by atoms with E-state index in [0.717, 1.165) is 28.5 Å². The number of hydrogen-bond acceptors (Lipinski definition) is 6. The van der Waals surface area contributed by atoms with Crippen molar-refractivity contribution in [2.24, 2.45) is 0 Å². The molecule has 7 nitrogen and oxygen atoms in total. The Bertz CT molecular complexity index is 1070. The maximum Gasteiger partial charge on any atom is 0.331 e. The smallest absolute Gasteiger partial charge is 0.331 e. The summed E-state index contributed by atoms with van der Waals surface area (Å²) in [6.45, 7) is 1.65. The zero-order valence-corrected chi connectivity index (χ0v) is 15.6. The van der Waals surface area contributed by atoms with Crippen LogP contribution in [-0.4, -0.2) is 15.5 Å². The largest absolute Gasteiger partial charge is 0.424 e. The number of halogens is 1. The van der Waals surface area contributed by atoms with Crippen LogP contribution in [0.3, 0.4) is 0 Å². The molecule has 0 bridgehead atoms. The highest BCUT2D eigenvalue weighted by molar-refractivity contribution is 7.07. The summed E-state index contributed by atoms with van der Waals surface area (Å²) in [5.41, 5.74) is 2.28. The van der Waals surface area contributed by atoms with Crippen LogP contribution in [0.4, 0.5) is 5.69 Å². The summed E-state index contributed by atoms with van der Waals surface area (Å²) in [4.78, 5) is 34.2. The number of nitrogens with zero attached hydrogens (tertiary/aromatic N) is 2. The Morgan fingerprint density at radius 1 is 1.26 bits per heavy atom. The van der Waals surface area contributed by atoms with Crippen LogP contribution in [0.15, 0.2) is 52.6 Å². The molecule has 1 heterocycles. The van der Waals surface area contributed by atoms with Gasteiger partial charge in [-0.1, -0.05) is 52.8 Å². The molecule has 0 unspecified atom stereocenters. The number of nitro benzene ring substituents is 1. The molecule has 0 aliphatic heterocycles. The molecule has 0 fully saturated rings. The topological polar surface area (TPSA) is 91.4 Å². The van der Waals surface area contributed by atoms with Gasteiger partial charge in [-0.25, -0.2) is 4.79 Å². The van der Waals surface area contributed by atoms with Crippen molar-refractivity contribution < 1.29 is 14.5 Å². The lowest BCUT2D eigenvalue weighted by atomic mass is 10.1. The number of thiazole rings is 1. The summed E-state index contributed by atoms with van der Waals surface area (Å²) in [6, 6.07) is 11.1. The van der Waals surface area contributed by atoms with Crippen molar-refractivity contribution in [3.63, 3.8) is 0 Å². The molecule has 2 aromatic carbocycles. The van der Waals surface area contributed by atoms with Crippen molar-refractivity contribution in [2.45, 2.75) is 13.5 Å². The van der Waals surface area contributed by atoms with Gasteiger partial charge in [-0.05, 0) is 18.6 Å². The lowest BCUT2D eigenvalue weighted by Crippen LogP contribution is -2.23. The molecule has 0 saturated carbocycles. The molecule has 0 aliphatic carbocycles. The number of hydrogen-bond donors (Lipinski definition) is 0. The molecule has 9 heteroatoms. The fraction of sp³-hybridized carbons (Fsp3) is 0.111. The van der Waals surface area contributed by atoms with E-state index in [1.807, 2.05) is 31.2 Å². The quantitative estimate of drug-likeness (QED) is 0.277. The summed E-state index contributed by atoms with van der Waals surface area (Å²) in [5, 5.41) is 12.3. The normalized spacial score (nSPS) is 10.6. The van der Waals surface area contributed by atoms with Gasteiger partial charge in [0.2, 0.25) is 0 Å². The Hall–Kier alpha value is -2.97. The highest BCUT2D eigenvalue weighted by atomic mass is 35.5. The second-order valence-electron chi connectivity index (χ2n) is 5.68. The van der Waals surface area contributed by atoms with E-state index >= 15 is 0 Å². The van der Waals surface area contributed by atoms with Crippen LogP contribution in [0.2, 0.25) is 5.02 Å². The molecular formula is C18H13ClN2O5S. The molecule has 0 spiro atoms. The number of carbonyl (C=O) groups is 1. The van der Waals surface area contributed by atoms with E-state index in [1.165, 1.54) is 16.7 Å². The molecule has 0 N–H and O–H groups in total. The van der Waals surface area contributed by atoms with E-state index in [0.29, 0.717) is 5.69 Å². The van der Waals surface area contributed by atoms with Gasteiger partial charge in [0.15, 0.2) is 0 Å². The van der Waals surface area contributed by atoms with Crippen LogP contribution < -0.4 is 9.61 Å². The number of non-ortho nitro benzene ring substituents is 1. The molecule has 0 aliphatic rings. The second kappa shape index (κ2) is 7.73. The molecule has 3 rings (SSSR count). The zero-order chi connectivity index (χ0) is 19.6. The Morgan fingerprint density at radius 3 is 2.59 bits per heavy atom. The average molecular weight is 405 g/mol. The molecule has 27 heavy (non-hydrogen) atoms. The number of rotatable bonds is 5. The number of benzene rings is 2. The standard InChI is InChI=1S/C18H13ClN2O5S/c1-11-2-4-12(5-3-11)15-10-27-18(23)20(15)9-17(22)26-16-7-6-13(21(24)25)8-14(16)19/h2-8,10H,9H2,1H3. The first kappa shape index (κ1) is 18.8. The lowest BCUT2D eigenvalue weighted by Gasteiger charge is -2.09. The molecular weight excluding hydrogens is 392 g/mol. The van der Waals surface area contributed by atoms with Gasteiger partial charge in [-0.2, -0.15) is 0 Å². The van der Waals surface area contributed by atoms with Crippen molar-refractivity contribution in [1.82, 2.24) is 4.57 Å². The number of aryl methyl sites for hydroxylation is 1. The first-order valence-electron chi connectivity index (χ1n) is 7.75. The maximum atomic E-state index is 12.3. The first-order valence-corrected chi connectivity index (χ1v) is 9.01. The summed E-state index contributed by atoms with van der Waals surface area (Å²) >= 11 is 6.91. The van der Waals surface area contributed by atoms with E-state index in [-0.39, 0.29) is 27.9 Å². The summed E-state index contributed by atoms with van der Waals surface area (Å²) in [6.07, 6.45) is 0. The monoisotopic (exact) mass is 404 g/mol. The minimum Gasteiger partial charge on any atom is -0.424 e. The van der Waals surface area contributed by atoms with Crippen molar-refractivity contribution in [1.29, 1.82) is 0 Å². The predicted octanol–water partition coefficient (Wildman–Crippen LogP) is 4.05. The Morgan fingerprint density at radius 2 is 1.96 bits per heavy atom. The lowest BCUT2D eigenvalue weighted by molar-refractivity contribution is -0.384. The van der Waals surface area contributed by atoms with Gasteiger partial charge in [-0.3, -0.25) is 19.5 Å². The van der Waals surface area contributed by atoms with E-state index in [9.17, 15) is 19.7 Å². The minimum atomic E-state index is -0.709. The van der Waals surface area contributed by atoms with Gasteiger partial charge in [0, 0.05) is 17.5 Å². The van der Waals surface area contributed by atoms with Gasteiger partial charge >= 0.3 is 10.8 Å². The van der Waals surface area contributed by atoms with Crippen LogP contribution in [0.25, 0.3) is 11.3 Å². The third-order valence-electron chi connectivity index (χ3n) is 3.77. The molecule has 0 amide bonds. The SMILES string of the molecule is Cc1ccc(-c2csc(=O)n2CC(=O)Oc2ccc([N+](=O)[O-])cc2Cl)cc1. The summed E-state index contributed by atoms with van der Waals surface area (Å²) in [7, 11) is 0. The number of ether oxygens (including phenoxy) is 1. The van der Waals surface area contributed by atoms with Crippen LogP contribution in [-0.2, 0) is 11.3 Å². The van der Waals surface area contributed by atoms with Gasteiger partial charge < -0.3 is 4.74 Å². The number of esters is 1. The average Bonchev–Trinajstić information content (AvgIpc) is 2.98. The summed E-state index contributed by atoms with van der Waals surface area (Å²) in [5.74, 6) is -0.716. The molecule has 1 aromatic heterocycles. The summed E-state index contributed by atoms with van der Waals surface area (Å²) < 4.78 is 6.49. The Kier molecular flexibility index (Phi) is 5.38. The van der Waals surface area contributed by atoms with Crippen LogP contribution >= 0.6 is 22.9 Å². The van der Waals surface area contributed by atoms with Gasteiger partial charge in [-0.15, -0.1) is 0 Å². The fourth-order valence-corrected chi connectivity index (χ4v) is 3.38. The van der Waals surface area contributed by atoms with Crippen molar-refractivity contribution >= 4 is 34.6 Å². The maximum absolute atomic E-state index is 12.3. The zero-order valence-electron chi connectivity index (χ0n) is 14.0. The molecule has 0 saturated heterocycles. The van der Waals surface area contributed by atoms with Gasteiger partial charge in [0.1, 0.15) is 12.3 Å². The fourth-order valence-electron chi connectivity index (χ4n) is 2.40. The van der Waals surface area contributed by atoms with Crippen LogP contribution in [0, 0.1) is 17.0 Å². The first-order chi connectivity index (χ1) is 12.8. The predicted molar refractivity (Wildman–Crippen MR) is 102 cm³/mol. The highest BCUT2D eigenvalue weighted by Crippen LogP contribution is 2.29. The number of nitro groups is 1. The van der Waals surface area contributed by atoms with Crippen molar-refractivity contribution in [3.05, 3.63) is 78.2 Å². The second-order valence-corrected chi connectivity index (χ2v) is 6.91. The van der Waals surface area contributed by atoms with E-state index in [2.05, 4.69) is 0 Å². The van der Waals surface area contributed by atoms with Crippen LogP contribution in [0.5, 0.6) is 5.75 Å². The third-order valence-corrected chi connectivity index (χ3v) is 4.83. The number of carbonyl (C=O) groups excluding carboxylic acids is 1. The van der Waals surface area contributed by atoms with Crippen molar-refractivity contribution in [2.75, 3.05) is 0 Å². The molecule has 3 aromatic rings. The third kappa shape index (κ3) is 4.24. The van der Waals surface area contributed by atoms with E-state index in [4.69, 9.17) is 16.3 Å². The highest BCUT2D eigenvalue weighted by Gasteiger charge is 2.17. The molecule has 0 atom stereocenters. The molecule has 0 radical (unpaired) electrons. The number of aromatic nitrogens is 1. The molecule has 138 valence electrons. The Labute approximate surface area is 162 Å². The van der Waals surface area contributed by atoms with Crippen molar-refractivity contribution in [3.8, 4) is 17.0 Å². The Balaban J connectivity index is 1.81. The minimum absolute atomic E-state index is 0.00701. The van der Waals surface area contributed by atoms with Gasteiger partial charge in [0.05, 0.1) is 15.6 Å². The van der Waals surface area contributed by atoms with E-state index < -0.39 is 10.9 Å². The van der Waals surface area contributed by atoms with Gasteiger partial charge in [0.25, 0.3) is 5.69 Å². The van der Waals surface area contributed by atoms with Crippen LogP contribution in [0.1, 0.15) is 5.56 Å².